The van der Waals surface area contributed by atoms with Gasteiger partial charge in [-0.05, 0) is 60.8 Å². The number of amides is 1. The number of ether oxygens (including phenoxy) is 1. The van der Waals surface area contributed by atoms with Crippen molar-refractivity contribution in [2.75, 3.05) is 18.6 Å². The van der Waals surface area contributed by atoms with Crippen molar-refractivity contribution in [2.45, 2.75) is 19.5 Å². The van der Waals surface area contributed by atoms with E-state index >= 15 is 0 Å². The van der Waals surface area contributed by atoms with Crippen LogP contribution in [0.3, 0.4) is 0 Å². The van der Waals surface area contributed by atoms with E-state index < -0.39 is 11.6 Å². The van der Waals surface area contributed by atoms with Crippen molar-refractivity contribution < 1.29 is 23.6 Å². The molecule has 7 heteroatoms. The number of carbonyl (C=O) groups excluding carboxylic acids is 1. The second-order valence-electron chi connectivity index (χ2n) is 6.66. The van der Waals surface area contributed by atoms with Crippen molar-refractivity contribution in [1.29, 1.82) is 0 Å². The molecule has 0 unspecified atom stereocenters. The summed E-state index contributed by atoms with van der Waals surface area (Å²) < 4.78 is 31.8. The Morgan fingerprint density at radius 1 is 1.14 bits per heavy atom. The van der Waals surface area contributed by atoms with Crippen LogP contribution < -0.4 is 15.0 Å². The Balaban J connectivity index is 1.72. The molecule has 0 bridgehead atoms. The molecule has 0 saturated heterocycles. The van der Waals surface area contributed by atoms with E-state index in [0.29, 0.717) is 12.1 Å². The van der Waals surface area contributed by atoms with Gasteiger partial charge in [0.25, 0.3) is 5.91 Å². The van der Waals surface area contributed by atoms with Crippen LogP contribution in [-0.2, 0) is 11.3 Å². The molecule has 152 valence electrons. The number of methoxy groups -OCH3 is 1. The fraction of sp³-hybridized carbons (Fsp3) is 0.227. The highest BCUT2D eigenvalue weighted by molar-refractivity contribution is 7.09. The maximum Gasteiger partial charge on any atom is 0.282 e. The summed E-state index contributed by atoms with van der Waals surface area (Å²) in [7, 11) is 1.60. The van der Waals surface area contributed by atoms with Crippen molar-refractivity contribution >= 4 is 22.9 Å². The third kappa shape index (κ3) is 5.40. The monoisotopic (exact) mass is 417 g/mol. The van der Waals surface area contributed by atoms with E-state index in [1.165, 1.54) is 12.1 Å². The molecule has 1 aromatic heterocycles. The second-order valence-corrected chi connectivity index (χ2v) is 7.69. The Morgan fingerprint density at radius 3 is 2.52 bits per heavy atom. The molecule has 2 aromatic carbocycles. The van der Waals surface area contributed by atoms with Gasteiger partial charge in [-0.15, -0.1) is 11.3 Å². The average molecular weight is 418 g/mol. The van der Waals surface area contributed by atoms with Gasteiger partial charge in [0, 0.05) is 16.1 Å². The molecule has 0 saturated carbocycles. The Hall–Kier alpha value is -2.77. The summed E-state index contributed by atoms with van der Waals surface area (Å²) in [6.45, 7) is 2.50. The Kier molecular flexibility index (Phi) is 6.95. The molecule has 0 fully saturated rings. The van der Waals surface area contributed by atoms with Crippen molar-refractivity contribution in [3.05, 3.63) is 82.1 Å². The van der Waals surface area contributed by atoms with Gasteiger partial charge in [0.15, 0.2) is 18.2 Å². The molecule has 3 aromatic rings. The molecular formula is C22H23F2N2O2S+. The zero-order valence-electron chi connectivity index (χ0n) is 16.3. The second kappa shape index (κ2) is 9.62. The molecule has 1 amide bonds. The summed E-state index contributed by atoms with van der Waals surface area (Å²) in [5, 5.41) is 3.79. The van der Waals surface area contributed by atoms with E-state index in [9.17, 15) is 13.6 Å². The number of quaternary nitrogens is 1. The number of hydrogen-bond donors (Lipinski definition) is 1. The van der Waals surface area contributed by atoms with Gasteiger partial charge in [-0.3, -0.25) is 4.79 Å². The Morgan fingerprint density at radius 2 is 1.90 bits per heavy atom. The summed E-state index contributed by atoms with van der Waals surface area (Å²) in [6.07, 6.45) is 0. The molecule has 4 nitrogen and oxygen atoms in total. The largest absolute Gasteiger partial charge is 0.497 e. The summed E-state index contributed by atoms with van der Waals surface area (Å²) in [5.41, 5.74) is 1.41. The summed E-state index contributed by atoms with van der Waals surface area (Å²) in [6, 6.07) is 14.9. The number of hydrogen-bond acceptors (Lipinski definition) is 3. The Labute approximate surface area is 172 Å². The van der Waals surface area contributed by atoms with Crippen molar-refractivity contribution in [3.8, 4) is 5.75 Å². The summed E-state index contributed by atoms with van der Waals surface area (Å²) >= 11 is 1.59. The maximum absolute atomic E-state index is 13.5. The quantitative estimate of drug-likeness (QED) is 0.604. The lowest BCUT2D eigenvalue weighted by atomic mass is 10.1. The highest BCUT2D eigenvalue weighted by Crippen LogP contribution is 2.23. The highest BCUT2D eigenvalue weighted by atomic mass is 32.1. The molecule has 0 aliphatic heterocycles. The SMILES string of the molecule is COc1ccc(N(Cc2cccs2)C(=O)C[NH2+][C@H](C)c2ccc(F)c(F)c2)cc1. The minimum Gasteiger partial charge on any atom is -0.497 e. The lowest BCUT2D eigenvalue weighted by molar-refractivity contribution is -0.682. The Bertz CT molecular complexity index is 946. The van der Waals surface area contributed by atoms with Gasteiger partial charge in [0.05, 0.1) is 13.7 Å². The minimum atomic E-state index is -0.883. The topological polar surface area (TPSA) is 46.1 Å². The molecule has 0 spiro atoms. The average Bonchev–Trinajstić information content (AvgIpc) is 3.25. The van der Waals surface area contributed by atoms with Crippen LogP contribution >= 0.6 is 11.3 Å². The van der Waals surface area contributed by atoms with Crippen molar-refractivity contribution in [1.82, 2.24) is 0 Å². The van der Waals surface area contributed by atoms with Gasteiger partial charge in [-0.2, -0.15) is 0 Å². The molecule has 1 atom stereocenters. The number of rotatable bonds is 8. The van der Waals surface area contributed by atoms with E-state index in [1.54, 1.807) is 23.3 Å². The van der Waals surface area contributed by atoms with Gasteiger partial charge < -0.3 is 15.0 Å². The van der Waals surface area contributed by atoms with Gasteiger partial charge in [-0.25, -0.2) is 8.78 Å². The molecular weight excluding hydrogens is 394 g/mol. The number of nitrogens with zero attached hydrogens (tertiary/aromatic N) is 1. The number of thiophene rings is 1. The fourth-order valence-electron chi connectivity index (χ4n) is 2.96. The van der Waals surface area contributed by atoms with E-state index in [-0.39, 0.29) is 18.5 Å². The van der Waals surface area contributed by atoms with Crippen molar-refractivity contribution in [2.24, 2.45) is 0 Å². The summed E-state index contributed by atoms with van der Waals surface area (Å²) in [5.74, 6) is -1.11. The van der Waals surface area contributed by atoms with Crippen LogP contribution in [-0.4, -0.2) is 19.6 Å². The molecule has 29 heavy (non-hydrogen) atoms. The van der Waals surface area contributed by atoms with Gasteiger partial charge >= 0.3 is 0 Å². The van der Waals surface area contributed by atoms with E-state index in [0.717, 1.165) is 22.4 Å². The number of benzene rings is 2. The number of nitrogens with two attached hydrogens (primary N) is 1. The van der Waals surface area contributed by atoms with E-state index in [4.69, 9.17) is 4.74 Å². The number of halogens is 2. The highest BCUT2D eigenvalue weighted by Gasteiger charge is 2.20. The van der Waals surface area contributed by atoms with Gasteiger partial charge in [0.1, 0.15) is 11.8 Å². The first-order valence-corrected chi connectivity index (χ1v) is 10.1. The molecule has 0 aliphatic carbocycles. The predicted molar refractivity (Wildman–Crippen MR) is 110 cm³/mol. The summed E-state index contributed by atoms with van der Waals surface area (Å²) in [4.78, 5) is 15.8. The van der Waals surface area contributed by atoms with Crippen LogP contribution in [0.15, 0.2) is 60.0 Å². The van der Waals surface area contributed by atoms with Crippen LogP contribution in [0.1, 0.15) is 23.4 Å². The predicted octanol–water partition coefficient (Wildman–Crippen LogP) is 3.89. The van der Waals surface area contributed by atoms with Crippen LogP contribution in [0.4, 0.5) is 14.5 Å². The van der Waals surface area contributed by atoms with E-state index in [2.05, 4.69) is 0 Å². The normalized spacial score (nSPS) is 11.9. The van der Waals surface area contributed by atoms with E-state index in [1.807, 2.05) is 54.0 Å². The molecule has 0 aliphatic rings. The smallest absolute Gasteiger partial charge is 0.282 e. The lowest BCUT2D eigenvalue weighted by Crippen LogP contribution is -2.87. The molecule has 1 heterocycles. The lowest BCUT2D eigenvalue weighted by Gasteiger charge is -2.22. The van der Waals surface area contributed by atoms with Crippen LogP contribution in [0.25, 0.3) is 0 Å². The number of anilines is 1. The number of carbonyl (C=O) groups is 1. The first-order valence-electron chi connectivity index (χ1n) is 9.23. The third-order valence-electron chi connectivity index (χ3n) is 4.69. The fourth-order valence-corrected chi connectivity index (χ4v) is 3.66. The van der Waals surface area contributed by atoms with Crippen molar-refractivity contribution in [3.63, 3.8) is 0 Å². The minimum absolute atomic E-state index is 0.0713. The first kappa shape index (κ1) is 21.0. The van der Waals surface area contributed by atoms with Gasteiger partial charge in [-0.1, -0.05) is 6.07 Å². The van der Waals surface area contributed by atoms with Gasteiger partial charge in [0.2, 0.25) is 0 Å². The van der Waals surface area contributed by atoms with Crippen LogP contribution in [0.2, 0.25) is 0 Å². The van der Waals surface area contributed by atoms with Crippen LogP contribution in [0.5, 0.6) is 5.75 Å². The third-order valence-corrected chi connectivity index (χ3v) is 5.56. The maximum atomic E-state index is 13.5. The molecule has 2 N–H and O–H groups in total. The zero-order chi connectivity index (χ0) is 20.8. The molecule has 3 rings (SSSR count). The zero-order valence-corrected chi connectivity index (χ0v) is 17.1. The van der Waals surface area contributed by atoms with Crippen LogP contribution in [0, 0.1) is 11.6 Å². The first-order chi connectivity index (χ1) is 14.0. The molecule has 0 radical (unpaired) electrons. The standard InChI is InChI=1S/C22H22F2N2O2S/c1-15(16-5-10-20(23)21(24)12-16)25-13-22(27)26(14-19-4-3-11-29-19)17-6-8-18(28-2)9-7-17/h3-12,15,25H,13-14H2,1-2H3/p+1/t15-/m1/s1.